The van der Waals surface area contributed by atoms with Crippen molar-refractivity contribution in [2.45, 2.75) is 0 Å². The van der Waals surface area contributed by atoms with Gasteiger partial charge in [0.25, 0.3) is 0 Å². The van der Waals surface area contributed by atoms with Gasteiger partial charge < -0.3 is 24.3 Å². The van der Waals surface area contributed by atoms with Gasteiger partial charge in [-0.3, -0.25) is 9.59 Å². The Morgan fingerprint density at radius 1 is 0.788 bits per heavy atom. The molecule has 9 nitrogen and oxygen atoms in total. The first-order valence-electron chi connectivity index (χ1n) is 9.81. The first-order valence-corrected chi connectivity index (χ1v) is 9.81. The molecule has 2 amide bonds. The number of hydrogen-bond donors (Lipinski definition) is 2. The Bertz CT molecular complexity index is 1110. The van der Waals surface area contributed by atoms with Gasteiger partial charge in [0.05, 0.1) is 27.5 Å². The minimum absolute atomic E-state index is 0.431. The van der Waals surface area contributed by atoms with Crippen LogP contribution in [0.3, 0.4) is 0 Å². The van der Waals surface area contributed by atoms with E-state index in [-0.39, 0.29) is 0 Å². The number of hydrazone groups is 1. The fourth-order valence-corrected chi connectivity index (χ4v) is 2.81. The predicted molar refractivity (Wildman–Crippen MR) is 123 cm³/mol. The second-order valence-corrected chi connectivity index (χ2v) is 6.55. The summed E-state index contributed by atoms with van der Waals surface area (Å²) in [7, 11) is 4.48. The lowest BCUT2D eigenvalue weighted by molar-refractivity contribution is -0.136. The quantitative estimate of drug-likeness (QED) is 0.309. The van der Waals surface area contributed by atoms with Crippen molar-refractivity contribution >= 4 is 23.7 Å². The number of benzene rings is 3. The monoisotopic (exact) mass is 449 g/mol. The number of ether oxygens (including phenoxy) is 4. The lowest BCUT2D eigenvalue weighted by Gasteiger charge is -2.12. The van der Waals surface area contributed by atoms with Crippen molar-refractivity contribution in [2.75, 3.05) is 26.6 Å². The zero-order chi connectivity index (χ0) is 23.6. The zero-order valence-corrected chi connectivity index (χ0v) is 18.3. The van der Waals surface area contributed by atoms with Crippen LogP contribution in [0.2, 0.25) is 0 Å². The molecule has 0 heterocycles. The molecule has 0 atom stereocenters. The lowest BCUT2D eigenvalue weighted by Crippen LogP contribution is -2.32. The molecule has 0 radical (unpaired) electrons. The van der Waals surface area contributed by atoms with Gasteiger partial charge >= 0.3 is 11.8 Å². The molecule has 0 aliphatic heterocycles. The zero-order valence-electron chi connectivity index (χ0n) is 18.3. The third-order valence-corrected chi connectivity index (χ3v) is 4.36. The SMILES string of the molecule is COc1cc(/C=N\NC(=O)C(=O)Nc2ccc(Oc3ccccc3)cc2)cc(OC)c1OC. The van der Waals surface area contributed by atoms with Gasteiger partial charge in [-0.25, -0.2) is 5.43 Å². The fourth-order valence-electron chi connectivity index (χ4n) is 2.81. The van der Waals surface area contributed by atoms with Crippen LogP contribution in [-0.2, 0) is 9.59 Å². The number of methoxy groups -OCH3 is 3. The molecule has 2 N–H and O–H groups in total. The number of carbonyl (C=O) groups is 2. The summed E-state index contributed by atoms with van der Waals surface area (Å²) in [6.07, 6.45) is 1.35. The molecule has 0 unspecified atom stereocenters. The summed E-state index contributed by atoms with van der Waals surface area (Å²) in [6.45, 7) is 0. The second kappa shape index (κ2) is 11.2. The first kappa shape index (κ1) is 23.1. The van der Waals surface area contributed by atoms with Crippen molar-refractivity contribution in [3.8, 4) is 28.7 Å². The van der Waals surface area contributed by atoms with Gasteiger partial charge in [0, 0.05) is 11.3 Å². The van der Waals surface area contributed by atoms with Crippen LogP contribution in [0.5, 0.6) is 28.7 Å². The molecule has 0 bridgehead atoms. The normalized spacial score (nSPS) is 10.4. The maximum absolute atomic E-state index is 12.1. The summed E-state index contributed by atoms with van der Waals surface area (Å²) in [5, 5.41) is 6.31. The van der Waals surface area contributed by atoms with E-state index < -0.39 is 11.8 Å². The van der Waals surface area contributed by atoms with Crippen molar-refractivity contribution in [3.05, 3.63) is 72.3 Å². The van der Waals surface area contributed by atoms with Crippen molar-refractivity contribution < 1.29 is 28.5 Å². The van der Waals surface area contributed by atoms with Crippen molar-refractivity contribution in [3.63, 3.8) is 0 Å². The molecule has 170 valence electrons. The highest BCUT2D eigenvalue weighted by atomic mass is 16.5. The Morgan fingerprint density at radius 3 is 1.97 bits per heavy atom. The summed E-state index contributed by atoms with van der Waals surface area (Å²) in [6, 6.07) is 19.2. The minimum atomic E-state index is -0.927. The van der Waals surface area contributed by atoms with Gasteiger partial charge in [0.1, 0.15) is 11.5 Å². The lowest BCUT2D eigenvalue weighted by atomic mass is 10.2. The Balaban J connectivity index is 1.56. The van der Waals surface area contributed by atoms with Crippen LogP contribution < -0.4 is 29.7 Å². The van der Waals surface area contributed by atoms with E-state index in [2.05, 4.69) is 15.8 Å². The van der Waals surface area contributed by atoms with E-state index in [0.29, 0.717) is 40.0 Å². The molecular formula is C24H23N3O6. The average Bonchev–Trinajstić information content (AvgIpc) is 2.85. The molecule has 0 spiro atoms. The Kier molecular flexibility index (Phi) is 7.85. The van der Waals surface area contributed by atoms with Gasteiger partial charge in [-0.1, -0.05) is 18.2 Å². The molecule has 0 aliphatic rings. The highest BCUT2D eigenvalue weighted by molar-refractivity contribution is 6.39. The largest absolute Gasteiger partial charge is 0.493 e. The van der Waals surface area contributed by atoms with Gasteiger partial charge in [-0.05, 0) is 48.5 Å². The average molecular weight is 449 g/mol. The second-order valence-electron chi connectivity index (χ2n) is 6.55. The van der Waals surface area contributed by atoms with Crippen LogP contribution in [0.1, 0.15) is 5.56 Å². The maximum Gasteiger partial charge on any atom is 0.329 e. The fraction of sp³-hybridized carbons (Fsp3) is 0.125. The van der Waals surface area contributed by atoms with Crippen LogP contribution >= 0.6 is 0 Å². The number of nitrogens with one attached hydrogen (secondary N) is 2. The molecule has 3 aromatic carbocycles. The molecule has 0 fully saturated rings. The van der Waals surface area contributed by atoms with E-state index >= 15 is 0 Å². The van der Waals surface area contributed by atoms with E-state index in [1.54, 1.807) is 36.4 Å². The Hall–Kier alpha value is -4.53. The molecule has 3 rings (SSSR count). The number of hydrogen-bond acceptors (Lipinski definition) is 7. The Morgan fingerprint density at radius 2 is 1.39 bits per heavy atom. The number of rotatable bonds is 8. The molecule has 0 saturated heterocycles. The van der Waals surface area contributed by atoms with E-state index in [1.807, 2.05) is 30.3 Å². The van der Waals surface area contributed by atoms with E-state index in [4.69, 9.17) is 18.9 Å². The third-order valence-electron chi connectivity index (χ3n) is 4.36. The van der Waals surface area contributed by atoms with Gasteiger partial charge in [0.2, 0.25) is 5.75 Å². The standard InChI is InChI=1S/C24H23N3O6/c1-30-20-13-16(14-21(31-2)22(20)32-3)15-25-27-24(29)23(28)26-17-9-11-19(12-10-17)33-18-7-5-4-6-8-18/h4-15H,1-3H3,(H,26,28)(H,27,29)/b25-15-. The van der Waals surface area contributed by atoms with Crippen LogP contribution in [0, 0.1) is 0 Å². The smallest absolute Gasteiger partial charge is 0.329 e. The van der Waals surface area contributed by atoms with E-state index in [1.165, 1.54) is 27.5 Å². The van der Waals surface area contributed by atoms with Gasteiger partial charge in [-0.15, -0.1) is 0 Å². The number of carbonyl (C=O) groups excluding carboxylic acids is 2. The molecule has 0 aromatic heterocycles. The van der Waals surface area contributed by atoms with Crippen LogP contribution in [0.15, 0.2) is 71.8 Å². The number of anilines is 1. The first-order chi connectivity index (χ1) is 16.0. The number of nitrogens with zero attached hydrogens (tertiary/aromatic N) is 1. The number of para-hydroxylation sites is 1. The highest BCUT2D eigenvalue weighted by Crippen LogP contribution is 2.37. The van der Waals surface area contributed by atoms with Crippen molar-refractivity contribution in [1.29, 1.82) is 0 Å². The summed E-state index contributed by atoms with van der Waals surface area (Å²) < 4.78 is 21.5. The van der Waals surface area contributed by atoms with Crippen molar-refractivity contribution in [1.82, 2.24) is 5.43 Å². The minimum Gasteiger partial charge on any atom is -0.493 e. The molecule has 0 aliphatic carbocycles. The Labute approximate surface area is 190 Å². The van der Waals surface area contributed by atoms with Crippen LogP contribution in [0.25, 0.3) is 0 Å². The highest BCUT2D eigenvalue weighted by Gasteiger charge is 2.14. The molecule has 3 aromatic rings. The van der Waals surface area contributed by atoms with E-state index in [0.717, 1.165) is 0 Å². The summed E-state index contributed by atoms with van der Waals surface area (Å²) >= 11 is 0. The summed E-state index contributed by atoms with van der Waals surface area (Å²) in [5.41, 5.74) is 3.18. The summed E-state index contributed by atoms with van der Waals surface area (Å²) in [4.78, 5) is 24.2. The van der Waals surface area contributed by atoms with E-state index in [9.17, 15) is 9.59 Å². The summed E-state index contributed by atoms with van der Waals surface area (Å²) in [5.74, 6) is 0.791. The van der Waals surface area contributed by atoms with Gasteiger partial charge in [-0.2, -0.15) is 5.10 Å². The predicted octanol–water partition coefficient (Wildman–Crippen LogP) is 3.59. The topological polar surface area (TPSA) is 107 Å². The third kappa shape index (κ3) is 6.23. The number of amides is 2. The molecule has 33 heavy (non-hydrogen) atoms. The maximum atomic E-state index is 12.1. The molecule has 9 heteroatoms. The van der Waals surface area contributed by atoms with Crippen molar-refractivity contribution in [2.24, 2.45) is 5.10 Å². The molecule has 0 saturated carbocycles. The van der Waals surface area contributed by atoms with Crippen LogP contribution in [0.4, 0.5) is 5.69 Å². The van der Waals surface area contributed by atoms with Crippen LogP contribution in [-0.4, -0.2) is 39.4 Å². The van der Waals surface area contributed by atoms with Gasteiger partial charge in [0.15, 0.2) is 11.5 Å². The molecular weight excluding hydrogens is 426 g/mol.